The van der Waals surface area contributed by atoms with E-state index in [1.54, 1.807) is 0 Å². The van der Waals surface area contributed by atoms with Crippen LogP contribution in [0.2, 0.25) is 0 Å². The molecule has 3 heteroatoms. The molecule has 32 heavy (non-hydrogen) atoms. The van der Waals surface area contributed by atoms with Gasteiger partial charge in [0.2, 0.25) is 0 Å². The van der Waals surface area contributed by atoms with Gasteiger partial charge in [0.15, 0.2) is 17.8 Å². The first-order valence-electron chi connectivity index (χ1n) is 11.1. The maximum Gasteiger partial charge on any atom is 0.172 e. The Morgan fingerprint density at radius 2 is 1.09 bits per heavy atom. The van der Waals surface area contributed by atoms with Gasteiger partial charge in [-0.25, -0.2) is 0 Å². The van der Waals surface area contributed by atoms with Gasteiger partial charge in [0, 0.05) is 5.56 Å². The lowest BCUT2D eigenvalue weighted by molar-refractivity contribution is 0.111. The zero-order valence-corrected chi connectivity index (χ0v) is 20.1. The van der Waals surface area contributed by atoms with Crippen LogP contribution in [0.5, 0.6) is 11.5 Å². The molecule has 0 aliphatic carbocycles. The average Bonchev–Trinajstić information content (AvgIpc) is 2.75. The Labute approximate surface area is 192 Å². The van der Waals surface area contributed by atoms with E-state index >= 15 is 0 Å². The molecule has 3 nitrogen and oxygen atoms in total. The first-order valence-corrected chi connectivity index (χ1v) is 11.1. The second kappa shape index (κ2) is 9.60. The summed E-state index contributed by atoms with van der Waals surface area (Å²) in [7, 11) is 0. The summed E-state index contributed by atoms with van der Waals surface area (Å²) < 4.78 is 12.7. The molecule has 0 N–H and O–H groups in total. The summed E-state index contributed by atoms with van der Waals surface area (Å²) in [5.41, 5.74) is 4.24. The molecule has 0 unspecified atom stereocenters. The summed E-state index contributed by atoms with van der Waals surface area (Å²) in [5, 5.41) is 0. The van der Waals surface area contributed by atoms with E-state index in [0.717, 1.165) is 28.5 Å². The van der Waals surface area contributed by atoms with Crippen molar-refractivity contribution in [2.75, 3.05) is 0 Å². The standard InChI is InChI=1S/C29H34O3/c1-28(2,3)24-17-25(29(4,5)6)27(32-20-22-15-11-8-12-16-22)26(23(24)18-30)31-19-21-13-9-7-10-14-21/h7-18H,19-20H2,1-6H3. The molecule has 3 rings (SSSR count). The molecule has 0 radical (unpaired) electrons. The van der Waals surface area contributed by atoms with Crippen LogP contribution in [-0.4, -0.2) is 6.29 Å². The Morgan fingerprint density at radius 3 is 1.50 bits per heavy atom. The third kappa shape index (κ3) is 5.59. The molecule has 0 heterocycles. The summed E-state index contributed by atoms with van der Waals surface area (Å²) in [5.74, 6) is 1.17. The quantitative estimate of drug-likeness (QED) is 0.370. The summed E-state index contributed by atoms with van der Waals surface area (Å²) in [4.78, 5) is 12.4. The van der Waals surface area contributed by atoms with Crippen molar-refractivity contribution in [3.8, 4) is 11.5 Å². The summed E-state index contributed by atoms with van der Waals surface area (Å²) >= 11 is 0. The van der Waals surface area contributed by atoms with Gasteiger partial charge in [0.1, 0.15) is 13.2 Å². The topological polar surface area (TPSA) is 35.5 Å². The van der Waals surface area contributed by atoms with Crippen molar-refractivity contribution < 1.29 is 14.3 Å². The summed E-state index contributed by atoms with van der Waals surface area (Å²) in [6, 6.07) is 22.2. The van der Waals surface area contributed by atoms with E-state index in [-0.39, 0.29) is 10.8 Å². The van der Waals surface area contributed by atoms with E-state index in [4.69, 9.17) is 9.47 Å². The van der Waals surface area contributed by atoms with Crippen LogP contribution in [0.25, 0.3) is 0 Å². The number of carbonyl (C=O) groups excluding carboxylic acids is 1. The van der Waals surface area contributed by atoms with Crippen LogP contribution in [-0.2, 0) is 24.0 Å². The molecular weight excluding hydrogens is 396 g/mol. The molecule has 0 atom stereocenters. The second-order valence-corrected chi connectivity index (χ2v) is 10.2. The number of hydrogen-bond acceptors (Lipinski definition) is 3. The minimum absolute atomic E-state index is 0.196. The number of ether oxygens (including phenoxy) is 2. The van der Waals surface area contributed by atoms with Crippen molar-refractivity contribution in [1.29, 1.82) is 0 Å². The largest absolute Gasteiger partial charge is 0.485 e. The van der Waals surface area contributed by atoms with Gasteiger partial charge in [0.05, 0.1) is 5.56 Å². The third-order valence-electron chi connectivity index (χ3n) is 5.46. The van der Waals surface area contributed by atoms with Crippen LogP contribution < -0.4 is 9.47 Å². The van der Waals surface area contributed by atoms with Crippen molar-refractivity contribution in [3.05, 3.63) is 94.5 Å². The fraction of sp³-hybridized carbons (Fsp3) is 0.345. The maximum atomic E-state index is 12.4. The molecule has 3 aromatic rings. The lowest BCUT2D eigenvalue weighted by atomic mass is 9.77. The highest BCUT2D eigenvalue weighted by Gasteiger charge is 2.31. The van der Waals surface area contributed by atoms with Gasteiger partial charge in [-0.15, -0.1) is 0 Å². The third-order valence-corrected chi connectivity index (χ3v) is 5.46. The predicted molar refractivity (Wildman–Crippen MR) is 131 cm³/mol. The van der Waals surface area contributed by atoms with E-state index < -0.39 is 0 Å². The molecule has 3 aromatic carbocycles. The van der Waals surface area contributed by atoms with Gasteiger partial charge in [-0.1, -0.05) is 108 Å². The molecule has 0 saturated carbocycles. The van der Waals surface area contributed by atoms with Gasteiger partial charge < -0.3 is 9.47 Å². The van der Waals surface area contributed by atoms with Crippen LogP contribution in [0, 0.1) is 0 Å². The average molecular weight is 431 g/mol. The molecule has 0 aliphatic heterocycles. The van der Waals surface area contributed by atoms with Gasteiger partial charge in [0.25, 0.3) is 0 Å². The van der Waals surface area contributed by atoms with E-state index in [9.17, 15) is 4.79 Å². The lowest BCUT2D eigenvalue weighted by Gasteiger charge is -2.31. The Morgan fingerprint density at radius 1 is 0.656 bits per heavy atom. The highest BCUT2D eigenvalue weighted by molar-refractivity contribution is 5.85. The molecule has 0 amide bonds. The first-order chi connectivity index (χ1) is 15.1. The SMILES string of the molecule is CC(C)(C)c1cc(C(C)(C)C)c(OCc2ccccc2)c(OCc2ccccc2)c1C=O. The Hall–Kier alpha value is -3.07. The smallest absolute Gasteiger partial charge is 0.172 e. The minimum Gasteiger partial charge on any atom is -0.485 e. The first kappa shape index (κ1) is 23.6. The van der Waals surface area contributed by atoms with E-state index in [1.807, 2.05) is 60.7 Å². The van der Waals surface area contributed by atoms with E-state index in [1.165, 1.54) is 0 Å². The molecule has 168 valence electrons. The maximum absolute atomic E-state index is 12.4. The van der Waals surface area contributed by atoms with Crippen molar-refractivity contribution in [3.63, 3.8) is 0 Å². The van der Waals surface area contributed by atoms with Crippen molar-refractivity contribution in [2.45, 2.75) is 65.6 Å². The highest BCUT2D eigenvalue weighted by atomic mass is 16.5. The van der Waals surface area contributed by atoms with Crippen LogP contribution in [0.4, 0.5) is 0 Å². The normalized spacial score (nSPS) is 11.8. The van der Waals surface area contributed by atoms with Crippen LogP contribution in [0.15, 0.2) is 66.7 Å². The fourth-order valence-electron chi connectivity index (χ4n) is 3.70. The molecule has 0 saturated heterocycles. The van der Waals surface area contributed by atoms with Crippen molar-refractivity contribution in [1.82, 2.24) is 0 Å². The van der Waals surface area contributed by atoms with Gasteiger partial charge >= 0.3 is 0 Å². The van der Waals surface area contributed by atoms with Crippen LogP contribution in [0.3, 0.4) is 0 Å². The minimum atomic E-state index is -0.223. The van der Waals surface area contributed by atoms with Crippen LogP contribution >= 0.6 is 0 Å². The Kier molecular flexibility index (Phi) is 7.08. The Balaban J connectivity index is 2.15. The molecule has 0 aliphatic rings. The van der Waals surface area contributed by atoms with Gasteiger partial charge in [-0.2, -0.15) is 0 Å². The molecule has 0 fully saturated rings. The zero-order valence-electron chi connectivity index (χ0n) is 20.1. The summed E-state index contributed by atoms with van der Waals surface area (Å²) in [6.07, 6.45) is 0.905. The lowest BCUT2D eigenvalue weighted by Crippen LogP contribution is -2.21. The number of hydrogen-bond donors (Lipinski definition) is 0. The van der Waals surface area contributed by atoms with Crippen molar-refractivity contribution >= 4 is 6.29 Å². The molecule has 0 aromatic heterocycles. The number of aldehydes is 1. The van der Waals surface area contributed by atoms with E-state index in [2.05, 4.69) is 47.6 Å². The number of carbonyl (C=O) groups is 1. The fourth-order valence-corrected chi connectivity index (χ4v) is 3.70. The van der Waals surface area contributed by atoms with Crippen molar-refractivity contribution in [2.24, 2.45) is 0 Å². The summed E-state index contributed by atoms with van der Waals surface area (Å²) in [6.45, 7) is 13.6. The molecular formula is C29H34O3. The molecule has 0 bridgehead atoms. The van der Waals surface area contributed by atoms with Gasteiger partial charge in [-0.3, -0.25) is 4.79 Å². The highest BCUT2D eigenvalue weighted by Crippen LogP contribution is 2.45. The molecule has 0 spiro atoms. The number of benzene rings is 3. The van der Waals surface area contributed by atoms with Gasteiger partial charge in [-0.05, 0) is 27.5 Å². The number of rotatable bonds is 7. The monoisotopic (exact) mass is 430 g/mol. The predicted octanol–water partition coefficient (Wildman–Crippen LogP) is 7.25. The second-order valence-electron chi connectivity index (χ2n) is 10.2. The van der Waals surface area contributed by atoms with Crippen LogP contribution in [0.1, 0.15) is 74.2 Å². The van der Waals surface area contributed by atoms with E-state index in [0.29, 0.717) is 30.3 Å². The zero-order chi connectivity index (χ0) is 23.4. The Bertz CT molecular complexity index is 1040.